The number of hydrogen-bond acceptors (Lipinski definition) is 5. The third-order valence-corrected chi connectivity index (χ3v) is 6.15. The molecule has 3 amide bonds. The summed E-state index contributed by atoms with van der Waals surface area (Å²) in [6, 6.07) is -0.394. The molecule has 150 valence electrons. The molecule has 0 bridgehead atoms. The minimum Gasteiger partial charge on any atom is -0.357 e. The van der Waals surface area contributed by atoms with E-state index >= 15 is 0 Å². The highest BCUT2D eigenvalue weighted by molar-refractivity contribution is 14.0. The first-order valence-electron chi connectivity index (χ1n) is 9.00. The molecule has 2 aliphatic rings. The second-order valence-corrected chi connectivity index (χ2v) is 7.84. The van der Waals surface area contributed by atoms with E-state index in [1.54, 1.807) is 11.3 Å². The number of likely N-dealkylation sites (tertiary alicyclic amines) is 1. The fraction of sp³-hybridized carbons (Fsp3) is 0.647. The topological polar surface area (TPSA) is 98.7 Å². The Kier molecular flexibility index (Phi) is 7.43. The average molecular weight is 506 g/mol. The molecule has 1 aromatic rings. The SMILES string of the molecule is CCNC(=NCc1scnc1C)N1CCC(C2(C)NC(=O)NC2=O)CC1.I. The fourth-order valence-electron chi connectivity index (χ4n) is 3.56. The molecule has 0 aliphatic carbocycles. The predicted octanol–water partition coefficient (Wildman–Crippen LogP) is 1.85. The van der Waals surface area contributed by atoms with Crippen LogP contribution in [0.2, 0.25) is 0 Å². The number of piperidine rings is 1. The Hall–Kier alpha value is -1.43. The molecule has 1 atom stereocenters. The summed E-state index contributed by atoms with van der Waals surface area (Å²) >= 11 is 1.62. The molecule has 3 N–H and O–H groups in total. The lowest BCUT2D eigenvalue weighted by atomic mass is 9.79. The van der Waals surface area contributed by atoms with Gasteiger partial charge in [-0.2, -0.15) is 0 Å². The van der Waals surface area contributed by atoms with Crippen LogP contribution in [0, 0.1) is 12.8 Å². The molecule has 2 fully saturated rings. The van der Waals surface area contributed by atoms with Gasteiger partial charge >= 0.3 is 6.03 Å². The van der Waals surface area contributed by atoms with Crippen LogP contribution in [0.3, 0.4) is 0 Å². The zero-order valence-electron chi connectivity index (χ0n) is 15.9. The van der Waals surface area contributed by atoms with Gasteiger partial charge in [0, 0.05) is 24.5 Å². The van der Waals surface area contributed by atoms with Crippen molar-refractivity contribution in [2.24, 2.45) is 10.9 Å². The van der Waals surface area contributed by atoms with Crippen molar-refractivity contribution in [2.45, 2.75) is 45.7 Å². The van der Waals surface area contributed by atoms with E-state index in [4.69, 9.17) is 4.99 Å². The van der Waals surface area contributed by atoms with Crippen molar-refractivity contribution in [3.8, 4) is 0 Å². The molecule has 3 rings (SSSR count). The average Bonchev–Trinajstić information content (AvgIpc) is 3.14. The first kappa shape index (κ1) is 21.9. The van der Waals surface area contributed by atoms with Gasteiger partial charge in [-0.05, 0) is 39.5 Å². The van der Waals surface area contributed by atoms with Crippen LogP contribution in [0.25, 0.3) is 0 Å². The Morgan fingerprint density at radius 2 is 2.15 bits per heavy atom. The van der Waals surface area contributed by atoms with Gasteiger partial charge in [-0.1, -0.05) is 0 Å². The van der Waals surface area contributed by atoms with Crippen LogP contribution in [0.4, 0.5) is 4.79 Å². The Morgan fingerprint density at radius 1 is 1.44 bits per heavy atom. The summed E-state index contributed by atoms with van der Waals surface area (Å²) in [5, 5.41) is 8.51. The number of imide groups is 1. The molecule has 1 aromatic heterocycles. The number of nitrogens with one attached hydrogen (secondary N) is 3. The Bertz CT molecular complexity index is 716. The summed E-state index contributed by atoms with van der Waals surface area (Å²) < 4.78 is 0. The van der Waals surface area contributed by atoms with Crippen LogP contribution in [0.15, 0.2) is 10.5 Å². The predicted molar refractivity (Wildman–Crippen MR) is 116 cm³/mol. The Balaban J connectivity index is 0.00000261. The quantitative estimate of drug-likeness (QED) is 0.251. The molecule has 3 heterocycles. The highest BCUT2D eigenvalue weighted by atomic mass is 127. The zero-order chi connectivity index (χ0) is 18.7. The van der Waals surface area contributed by atoms with E-state index in [-0.39, 0.29) is 35.8 Å². The summed E-state index contributed by atoms with van der Waals surface area (Å²) in [6.07, 6.45) is 1.66. The first-order valence-corrected chi connectivity index (χ1v) is 9.87. The molecule has 2 aliphatic heterocycles. The number of thiazole rings is 1. The van der Waals surface area contributed by atoms with Crippen molar-refractivity contribution in [2.75, 3.05) is 19.6 Å². The van der Waals surface area contributed by atoms with Crippen molar-refractivity contribution in [3.05, 3.63) is 16.1 Å². The number of aromatic nitrogens is 1. The van der Waals surface area contributed by atoms with E-state index < -0.39 is 11.6 Å². The fourth-order valence-corrected chi connectivity index (χ4v) is 4.26. The van der Waals surface area contributed by atoms with E-state index in [1.807, 2.05) is 19.4 Å². The van der Waals surface area contributed by atoms with Gasteiger partial charge in [0.2, 0.25) is 0 Å². The van der Waals surface area contributed by atoms with E-state index in [9.17, 15) is 9.59 Å². The van der Waals surface area contributed by atoms with Gasteiger partial charge in [-0.25, -0.2) is 14.8 Å². The largest absolute Gasteiger partial charge is 0.357 e. The van der Waals surface area contributed by atoms with Crippen molar-refractivity contribution in [1.29, 1.82) is 0 Å². The smallest absolute Gasteiger partial charge is 0.322 e. The third-order valence-electron chi connectivity index (χ3n) is 5.24. The van der Waals surface area contributed by atoms with E-state index in [0.717, 1.165) is 44.1 Å². The second-order valence-electron chi connectivity index (χ2n) is 6.90. The molecular weight excluding hydrogens is 479 g/mol. The van der Waals surface area contributed by atoms with Crippen LogP contribution in [0.5, 0.6) is 0 Å². The van der Waals surface area contributed by atoms with E-state index in [0.29, 0.717) is 6.54 Å². The van der Waals surface area contributed by atoms with Crippen molar-refractivity contribution in [1.82, 2.24) is 25.8 Å². The van der Waals surface area contributed by atoms with Gasteiger partial charge in [0.25, 0.3) is 5.91 Å². The number of amides is 3. The zero-order valence-corrected chi connectivity index (χ0v) is 19.0. The lowest BCUT2D eigenvalue weighted by molar-refractivity contribution is -0.125. The molecule has 1 unspecified atom stereocenters. The molecule has 0 aromatic carbocycles. The van der Waals surface area contributed by atoms with Gasteiger partial charge in [0.05, 0.1) is 17.7 Å². The van der Waals surface area contributed by atoms with Gasteiger partial charge in [-0.15, -0.1) is 35.3 Å². The van der Waals surface area contributed by atoms with Gasteiger partial charge in [-0.3, -0.25) is 10.1 Å². The van der Waals surface area contributed by atoms with Crippen LogP contribution in [-0.4, -0.2) is 53.0 Å². The number of carbonyl (C=O) groups is 2. The number of aliphatic imine (C=N–C) groups is 1. The summed E-state index contributed by atoms with van der Waals surface area (Å²) in [6.45, 7) is 8.90. The molecule has 27 heavy (non-hydrogen) atoms. The van der Waals surface area contributed by atoms with Crippen LogP contribution < -0.4 is 16.0 Å². The molecule has 10 heteroatoms. The molecular formula is C17H27IN6O2S. The maximum absolute atomic E-state index is 12.1. The Labute approximate surface area is 180 Å². The van der Waals surface area contributed by atoms with Gasteiger partial charge in [0.15, 0.2) is 5.96 Å². The summed E-state index contributed by atoms with van der Waals surface area (Å²) in [7, 11) is 0. The minimum atomic E-state index is -0.807. The van der Waals surface area contributed by atoms with E-state index in [1.165, 1.54) is 4.88 Å². The summed E-state index contributed by atoms with van der Waals surface area (Å²) in [5.41, 5.74) is 2.07. The maximum Gasteiger partial charge on any atom is 0.322 e. The number of carbonyl (C=O) groups excluding carboxylic acids is 2. The number of aryl methyl sites for hydroxylation is 1. The summed E-state index contributed by atoms with van der Waals surface area (Å²) in [5.74, 6) is 0.794. The number of nitrogens with zero attached hydrogens (tertiary/aromatic N) is 3. The normalized spacial score (nSPS) is 23.7. The number of halogens is 1. The van der Waals surface area contributed by atoms with Crippen LogP contribution in [-0.2, 0) is 11.3 Å². The highest BCUT2D eigenvalue weighted by Crippen LogP contribution is 2.30. The lowest BCUT2D eigenvalue weighted by Crippen LogP contribution is -2.55. The third kappa shape index (κ3) is 4.71. The number of rotatable bonds is 4. The van der Waals surface area contributed by atoms with Gasteiger partial charge < -0.3 is 15.5 Å². The highest BCUT2D eigenvalue weighted by Gasteiger charge is 2.48. The van der Waals surface area contributed by atoms with Crippen molar-refractivity contribution >= 4 is 53.2 Å². The summed E-state index contributed by atoms with van der Waals surface area (Å²) in [4.78, 5) is 36.1. The number of urea groups is 1. The number of hydrogen-bond donors (Lipinski definition) is 3. The number of guanidine groups is 1. The van der Waals surface area contributed by atoms with Gasteiger partial charge in [0.1, 0.15) is 5.54 Å². The molecule has 0 saturated carbocycles. The molecule has 0 radical (unpaired) electrons. The lowest BCUT2D eigenvalue weighted by Gasteiger charge is -2.39. The second kappa shape index (κ2) is 9.18. The maximum atomic E-state index is 12.1. The van der Waals surface area contributed by atoms with Crippen molar-refractivity contribution < 1.29 is 9.59 Å². The molecule has 0 spiro atoms. The van der Waals surface area contributed by atoms with Crippen LogP contribution in [0.1, 0.15) is 37.3 Å². The standard InChI is InChI=1S/C17H26N6O2S.HI/c1-4-18-15(19-9-13-11(2)20-10-26-13)23-7-5-12(6-8-23)17(3)14(24)21-16(25)22-17;/h10,12H,4-9H2,1-3H3,(H,18,19)(H2,21,22,24,25);1H. The van der Waals surface area contributed by atoms with E-state index in [2.05, 4.69) is 32.8 Å². The Morgan fingerprint density at radius 3 is 2.67 bits per heavy atom. The van der Waals surface area contributed by atoms with Crippen LogP contribution >= 0.6 is 35.3 Å². The van der Waals surface area contributed by atoms with Crippen molar-refractivity contribution in [3.63, 3.8) is 0 Å². The molecule has 2 saturated heterocycles. The first-order chi connectivity index (χ1) is 12.4. The molecule has 8 nitrogen and oxygen atoms in total. The minimum absolute atomic E-state index is 0. The monoisotopic (exact) mass is 506 g/mol.